The lowest BCUT2D eigenvalue weighted by atomic mass is 10.1. The van der Waals surface area contributed by atoms with Crippen LogP contribution in [-0.2, 0) is 21.2 Å². The Morgan fingerprint density at radius 3 is 2.60 bits per heavy atom. The molecule has 1 aromatic rings. The van der Waals surface area contributed by atoms with Gasteiger partial charge in [0, 0.05) is 37.0 Å². The first-order chi connectivity index (χ1) is 11.4. The Bertz CT molecular complexity index is 643. The van der Waals surface area contributed by atoms with Crippen molar-refractivity contribution in [1.82, 2.24) is 14.9 Å². The molecular formula is C16H28ClN3O3S2. The van der Waals surface area contributed by atoms with E-state index in [9.17, 15) is 13.2 Å². The second-order valence-corrected chi connectivity index (χ2v) is 9.52. The average molecular weight is 410 g/mol. The number of hydrogen-bond donors (Lipinski definition) is 2. The fourth-order valence-corrected chi connectivity index (χ4v) is 5.77. The predicted molar refractivity (Wildman–Crippen MR) is 104 cm³/mol. The van der Waals surface area contributed by atoms with Crippen molar-refractivity contribution in [2.45, 2.75) is 36.8 Å². The minimum absolute atomic E-state index is 0. The molecule has 1 amide bonds. The van der Waals surface area contributed by atoms with Gasteiger partial charge >= 0.3 is 0 Å². The lowest BCUT2D eigenvalue weighted by Crippen LogP contribution is -2.35. The van der Waals surface area contributed by atoms with Gasteiger partial charge in [-0.3, -0.25) is 4.79 Å². The number of halogens is 1. The quantitative estimate of drug-likeness (QED) is 0.686. The Morgan fingerprint density at radius 1 is 1.28 bits per heavy atom. The summed E-state index contributed by atoms with van der Waals surface area (Å²) in [4.78, 5) is 12.8. The number of nitrogens with one attached hydrogen (secondary N) is 2. The molecule has 2 rings (SSSR count). The SMILES string of the molecule is CNCC(C)C(=O)NCCc1ccc(S(=O)(=O)N2CCCCC2)s1.Cl. The van der Waals surface area contributed by atoms with Crippen LogP contribution in [0.5, 0.6) is 0 Å². The van der Waals surface area contributed by atoms with Crippen LogP contribution in [0.2, 0.25) is 0 Å². The highest BCUT2D eigenvalue weighted by Crippen LogP contribution is 2.27. The number of rotatable bonds is 8. The summed E-state index contributed by atoms with van der Waals surface area (Å²) < 4.78 is 27.2. The van der Waals surface area contributed by atoms with Crippen LogP contribution in [0.1, 0.15) is 31.1 Å². The van der Waals surface area contributed by atoms with Crippen molar-refractivity contribution in [3.8, 4) is 0 Å². The highest BCUT2D eigenvalue weighted by Gasteiger charge is 2.27. The summed E-state index contributed by atoms with van der Waals surface area (Å²) in [5.74, 6) is -0.0598. The van der Waals surface area contributed by atoms with E-state index in [1.54, 1.807) is 10.4 Å². The van der Waals surface area contributed by atoms with Crippen LogP contribution in [0, 0.1) is 5.92 Å². The normalized spacial score (nSPS) is 16.9. The summed E-state index contributed by atoms with van der Waals surface area (Å²) in [6.07, 6.45) is 3.63. The minimum atomic E-state index is -3.35. The zero-order chi connectivity index (χ0) is 17.6. The first kappa shape index (κ1) is 22.4. The highest BCUT2D eigenvalue weighted by molar-refractivity contribution is 7.91. The summed E-state index contributed by atoms with van der Waals surface area (Å²) in [5.41, 5.74) is 0. The van der Waals surface area contributed by atoms with Crippen molar-refractivity contribution in [3.63, 3.8) is 0 Å². The van der Waals surface area contributed by atoms with Gasteiger partial charge in [0.15, 0.2) is 0 Å². The topological polar surface area (TPSA) is 78.5 Å². The second-order valence-electron chi connectivity index (χ2n) is 6.19. The number of amides is 1. The lowest BCUT2D eigenvalue weighted by Gasteiger charge is -2.25. The van der Waals surface area contributed by atoms with Gasteiger partial charge in [-0.2, -0.15) is 4.31 Å². The number of carbonyl (C=O) groups excluding carboxylic acids is 1. The van der Waals surface area contributed by atoms with E-state index in [0.717, 1.165) is 24.1 Å². The molecule has 1 aliphatic rings. The van der Waals surface area contributed by atoms with E-state index in [0.29, 0.717) is 36.8 Å². The maximum Gasteiger partial charge on any atom is 0.252 e. The third kappa shape index (κ3) is 6.21. The van der Waals surface area contributed by atoms with Gasteiger partial charge in [0.05, 0.1) is 0 Å². The molecule has 2 heterocycles. The van der Waals surface area contributed by atoms with Gasteiger partial charge in [-0.25, -0.2) is 8.42 Å². The summed E-state index contributed by atoms with van der Waals surface area (Å²) in [5, 5.41) is 5.87. The molecule has 1 unspecified atom stereocenters. The van der Waals surface area contributed by atoms with Crippen LogP contribution in [0.3, 0.4) is 0 Å². The molecule has 0 spiro atoms. The Balaban J connectivity index is 0.00000312. The molecule has 0 saturated carbocycles. The van der Waals surface area contributed by atoms with E-state index in [1.165, 1.54) is 11.3 Å². The highest BCUT2D eigenvalue weighted by atomic mass is 35.5. The van der Waals surface area contributed by atoms with E-state index in [2.05, 4.69) is 10.6 Å². The van der Waals surface area contributed by atoms with Crippen LogP contribution in [-0.4, -0.2) is 51.9 Å². The van der Waals surface area contributed by atoms with Crippen LogP contribution in [0.15, 0.2) is 16.3 Å². The smallest absolute Gasteiger partial charge is 0.252 e. The molecule has 1 aliphatic heterocycles. The van der Waals surface area contributed by atoms with Crippen molar-refractivity contribution in [1.29, 1.82) is 0 Å². The zero-order valence-electron chi connectivity index (χ0n) is 14.8. The number of carbonyl (C=O) groups is 1. The summed E-state index contributed by atoms with van der Waals surface area (Å²) >= 11 is 1.31. The molecule has 0 radical (unpaired) electrons. The lowest BCUT2D eigenvalue weighted by molar-refractivity contribution is -0.124. The fraction of sp³-hybridized carbons (Fsp3) is 0.688. The van der Waals surface area contributed by atoms with Crippen LogP contribution < -0.4 is 10.6 Å². The maximum atomic E-state index is 12.6. The number of thiophene rings is 1. The number of piperidine rings is 1. The van der Waals surface area contributed by atoms with Gasteiger partial charge in [-0.15, -0.1) is 23.7 Å². The number of sulfonamides is 1. The molecule has 1 aromatic heterocycles. The molecular weight excluding hydrogens is 382 g/mol. The molecule has 1 fully saturated rings. The van der Waals surface area contributed by atoms with Gasteiger partial charge in [-0.1, -0.05) is 13.3 Å². The molecule has 144 valence electrons. The summed E-state index contributed by atoms with van der Waals surface area (Å²) in [7, 11) is -1.53. The molecule has 9 heteroatoms. The molecule has 0 aromatic carbocycles. The third-order valence-corrected chi connectivity index (χ3v) is 7.69. The molecule has 6 nitrogen and oxygen atoms in total. The van der Waals surface area contributed by atoms with E-state index in [-0.39, 0.29) is 24.2 Å². The third-order valence-electron chi connectivity index (χ3n) is 4.17. The molecule has 1 atom stereocenters. The summed E-state index contributed by atoms with van der Waals surface area (Å²) in [6.45, 7) is 4.28. The first-order valence-electron chi connectivity index (χ1n) is 8.46. The van der Waals surface area contributed by atoms with Gasteiger partial charge in [0.1, 0.15) is 4.21 Å². The zero-order valence-corrected chi connectivity index (χ0v) is 17.2. The maximum absolute atomic E-state index is 12.6. The van der Waals surface area contributed by atoms with Crippen molar-refractivity contribution in [3.05, 3.63) is 17.0 Å². The van der Waals surface area contributed by atoms with Gasteiger partial charge in [-0.05, 0) is 38.4 Å². The van der Waals surface area contributed by atoms with Crippen molar-refractivity contribution < 1.29 is 13.2 Å². The average Bonchev–Trinajstić information content (AvgIpc) is 3.05. The van der Waals surface area contributed by atoms with Crippen LogP contribution in [0.4, 0.5) is 0 Å². The van der Waals surface area contributed by atoms with Gasteiger partial charge < -0.3 is 10.6 Å². The molecule has 1 saturated heterocycles. The Labute approximate surface area is 160 Å². The van der Waals surface area contributed by atoms with Gasteiger partial charge in [0.25, 0.3) is 10.0 Å². The van der Waals surface area contributed by atoms with Crippen molar-refractivity contribution in [2.24, 2.45) is 5.92 Å². The van der Waals surface area contributed by atoms with E-state index in [1.807, 2.05) is 20.0 Å². The Morgan fingerprint density at radius 2 is 1.96 bits per heavy atom. The standard InChI is InChI=1S/C16H27N3O3S2.ClH/c1-13(12-17-2)16(20)18-9-8-14-6-7-15(23-14)24(21,22)19-10-4-3-5-11-19;/h6-7,13,17H,3-5,8-12H2,1-2H3,(H,18,20);1H. The van der Waals surface area contributed by atoms with Crippen LogP contribution in [0.25, 0.3) is 0 Å². The van der Waals surface area contributed by atoms with Crippen molar-refractivity contribution >= 4 is 39.7 Å². The van der Waals surface area contributed by atoms with E-state index >= 15 is 0 Å². The predicted octanol–water partition coefficient (Wildman–Crippen LogP) is 1.86. The largest absolute Gasteiger partial charge is 0.355 e. The molecule has 2 N–H and O–H groups in total. The van der Waals surface area contributed by atoms with E-state index in [4.69, 9.17) is 0 Å². The Kier molecular flexibility index (Phi) is 9.37. The fourth-order valence-electron chi connectivity index (χ4n) is 2.75. The monoisotopic (exact) mass is 409 g/mol. The minimum Gasteiger partial charge on any atom is -0.355 e. The number of hydrogen-bond acceptors (Lipinski definition) is 5. The Hall–Kier alpha value is -0.670. The molecule has 25 heavy (non-hydrogen) atoms. The van der Waals surface area contributed by atoms with E-state index < -0.39 is 10.0 Å². The molecule has 0 aliphatic carbocycles. The summed E-state index contributed by atoms with van der Waals surface area (Å²) in [6, 6.07) is 3.54. The second kappa shape index (κ2) is 10.5. The number of nitrogens with zero attached hydrogens (tertiary/aromatic N) is 1. The van der Waals surface area contributed by atoms with Crippen LogP contribution >= 0.6 is 23.7 Å². The van der Waals surface area contributed by atoms with Gasteiger partial charge in [0.2, 0.25) is 5.91 Å². The first-order valence-corrected chi connectivity index (χ1v) is 10.7. The van der Waals surface area contributed by atoms with Crippen molar-refractivity contribution in [2.75, 3.05) is 33.2 Å². The molecule has 0 bridgehead atoms.